The average Bonchev–Trinajstić information content (AvgIpc) is 3.01. The lowest BCUT2D eigenvalue weighted by atomic mass is 10.0. The number of unbranched alkanes of at least 4 members (excludes halogenated alkanes) is 3. The van der Waals surface area contributed by atoms with Gasteiger partial charge in [-0.2, -0.15) is 0 Å². The predicted molar refractivity (Wildman–Crippen MR) is 154 cm³/mol. The van der Waals surface area contributed by atoms with Crippen LogP contribution in [0.5, 0.6) is 0 Å². The molecule has 0 saturated carbocycles. The maximum absolute atomic E-state index is 13.2. The maximum atomic E-state index is 13.2. The zero-order valence-electron chi connectivity index (χ0n) is 25.7. The predicted octanol–water partition coefficient (Wildman–Crippen LogP) is 0.344. The molecular formula is C26H46N6O12. The monoisotopic (exact) mass is 634 g/mol. The number of ether oxygens (including phenoxy) is 4. The van der Waals surface area contributed by atoms with E-state index < -0.39 is 60.3 Å². The van der Waals surface area contributed by atoms with Gasteiger partial charge in [-0.05, 0) is 57.8 Å². The molecule has 0 bridgehead atoms. The zero-order chi connectivity index (χ0) is 33.3. The summed E-state index contributed by atoms with van der Waals surface area (Å²) in [4.78, 5) is 83.8. The number of nitrogens with one attached hydrogen (secondary N) is 6. The Hall–Kier alpha value is -4.51. The first-order chi connectivity index (χ1) is 21.0. The summed E-state index contributed by atoms with van der Waals surface area (Å²) in [6.07, 6.45) is -0.0469. The Labute approximate surface area is 256 Å². The third-order valence-corrected chi connectivity index (χ3v) is 6.16. The summed E-state index contributed by atoms with van der Waals surface area (Å²) in [5.41, 5.74) is 0. The molecule has 3 atom stereocenters. The Morgan fingerprint density at radius 3 is 1.14 bits per heavy atom. The van der Waals surface area contributed by atoms with Gasteiger partial charge >= 0.3 is 30.3 Å². The van der Waals surface area contributed by atoms with E-state index >= 15 is 0 Å². The van der Waals surface area contributed by atoms with Crippen molar-refractivity contribution in [1.82, 2.24) is 31.9 Å². The van der Waals surface area contributed by atoms with Crippen molar-refractivity contribution < 1.29 is 57.6 Å². The summed E-state index contributed by atoms with van der Waals surface area (Å²) < 4.78 is 18.1. The van der Waals surface area contributed by atoms with Gasteiger partial charge < -0.3 is 56.0 Å². The molecule has 0 heterocycles. The molecule has 7 N–H and O–H groups in total. The van der Waals surface area contributed by atoms with Crippen LogP contribution in [-0.2, 0) is 33.3 Å². The van der Waals surface area contributed by atoms with Crippen LogP contribution in [0.3, 0.4) is 0 Å². The maximum Gasteiger partial charge on any atom is 0.407 e. The molecule has 18 heteroatoms. The SMILES string of the molecule is COC(=O)NCCCCC(NC(=O)C(CCCCNC(=O)OC)NC(=O)C(CCCCNC(=O)OC)NC(=O)OC)C(=O)O. The van der Waals surface area contributed by atoms with Crippen molar-refractivity contribution in [2.45, 2.75) is 75.9 Å². The average molecular weight is 635 g/mol. The van der Waals surface area contributed by atoms with E-state index in [1.807, 2.05) is 0 Å². The number of carboxylic acid groups (broad SMARTS) is 1. The summed E-state index contributed by atoms with van der Waals surface area (Å²) in [5.74, 6) is -2.74. The normalized spacial score (nSPS) is 12.3. The van der Waals surface area contributed by atoms with Gasteiger partial charge in [-0.25, -0.2) is 24.0 Å². The first-order valence-electron chi connectivity index (χ1n) is 14.1. The van der Waals surface area contributed by atoms with Crippen LogP contribution in [0.15, 0.2) is 0 Å². The van der Waals surface area contributed by atoms with Crippen LogP contribution in [0, 0.1) is 0 Å². The largest absolute Gasteiger partial charge is 0.480 e. The molecule has 0 aliphatic rings. The molecule has 0 rings (SSSR count). The Morgan fingerprint density at radius 2 is 0.795 bits per heavy atom. The molecular weight excluding hydrogens is 588 g/mol. The van der Waals surface area contributed by atoms with Gasteiger partial charge in [0.05, 0.1) is 28.4 Å². The molecule has 0 aromatic rings. The van der Waals surface area contributed by atoms with Crippen LogP contribution < -0.4 is 31.9 Å². The van der Waals surface area contributed by atoms with E-state index in [4.69, 9.17) is 0 Å². The Morgan fingerprint density at radius 1 is 0.477 bits per heavy atom. The van der Waals surface area contributed by atoms with Crippen LogP contribution in [0.25, 0.3) is 0 Å². The molecule has 44 heavy (non-hydrogen) atoms. The highest BCUT2D eigenvalue weighted by Gasteiger charge is 2.29. The van der Waals surface area contributed by atoms with Crippen molar-refractivity contribution in [2.75, 3.05) is 48.1 Å². The lowest BCUT2D eigenvalue weighted by Crippen LogP contribution is -2.55. The minimum absolute atomic E-state index is 0.0553. The van der Waals surface area contributed by atoms with E-state index in [9.17, 15) is 38.7 Å². The molecule has 0 aliphatic carbocycles. The molecule has 0 radical (unpaired) electrons. The zero-order valence-corrected chi connectivity index (χ0v) is 25.7. The number of hydrogen-bond donors (Lipinski definition) is 7. The second-order valence-corrected chi connectivity index (χ2v) is 9.39. The summed E-state index contributed by atoms with van der Waals surface area (Å²) in [6, 6.07) is -3.55. The minimum Gasteiger partial charge on any atom is -0.480 e. The molecule has 0 saturated heterocycles. The van der Waals surface area contributed by atoms with E-state index in [0.717, 1.165) is 7.11 Å². The van der Waals surface area contributed by atoms with E-state index in [1.165, 1.54) is 21.3 Å². The summed E-state index contributed by atoms with van der Waals surface area (Å²) in [6.45, 7) is 0.746. The molecule has 3 unspecified atom stereocenters. The number of carbonyl (C=O) groups is 7. The van der Waals surface area contributed by atoms with Crippen molar-refractivity contribution in [3.8, 4) is 0 Å². The topological polar surface area (TPSA) is 249 Å². The highest BCUT2D eigenvalue weighted by molar-refractivity contribution is 5.92. The highest BCUT2D eigenvalue weighted by Crippen LogP contribution is 2.08. The number of hydrogen-bond acceptors (Lipinski definition) is 11. The first-order valence-corrected chi connectivity index (χ1v) is 14.1. The van der Waals surface area contributed by atoms with Gasteiger partial charge in [0.15, 0.2) is 0 Å². The number of carbonyl (C=O) groups excluding carboxylic acids is 6. The summed E-state index contributed by atoms with van der Waals surface area (Å²) in [5, 5.41) is 24.6. The van der Waals surface area contributed by atoms with Gasteiger partial charge in [-0.15, -0.1) is 0 Å². The fourth-order valence-corrected chi connectivity index (χ4v) is 3.75. The van der Waals surface area contributed by atoms with Gasteiger partial charge in [-0.3, -0.25) is 9.59 Å². The van der Waals surface area contributed by atoms with Crippen LogP contribution in [0.4, 0.5) is 19.2 Å². The lowest BCUT2D eigenvalue weighted by molar-refractivity contribution is -0.142. The van der Waals surface area contributed by atoms with Crippen LogP contribution in [0.1, 0.15) is 57.8 Å². The first kappa shape index (κ1) is 39.5. The van der Waals surface area contributed by atoms with Crippen LogP contribution in [0.2, 0.25) is 0 Å². The minimum atomic E-state index is -1.28. The molecule has 0 aliphatic heterocycles. The van der Waals surface area contributed by atoms with E-state index in [0.29, 0.717) is 38.5 Å². The van der Waals surface area contributed by atoms with Crippen molar-refractivity contribution >= 4 is 42.2 Å². The highest BCUT2D eigenvalue weighted by atomic mass is 16.5. The molecule has 0 aromatic carbocycles. The molecule has 0 aromatic heterocycles. The molecule has 6 amide bonds. The Bertz CT molecular complexity index is 935. The number of methoxy groups -OCH3 is 4. The van der Waals surface area contributed by atoms with Gasteiger partial charge in [0.2, 0.25) is 11.8 Å². The Kier molecular flexibility index (Phi) is 21.5. The Balaban J connectivity index is 5.44. The van der Waals surface area contributed by atoms with E-state index in [-0.39, 0.29) is 38.9 Å². The fraction of sp³-hybridized carbons (Fsp3) is 0.731. The molecule has 0 fully saturated rings. The quantitative estimate of drug-likeness (QED) is 0.0667. The smallest absolute Gasteiger partial charge is 0.407 e. The third-order valence-electron chi connectivity index (χ3n) is 6.16. The van der Waals surface area contributed by atoms with Crippen LogP contribution >= 0.6 is 0 Å². The fourth-order valence-electron chi connectivity index (χ4n) is 3.75. The summed E-state index contributed by atoms with van der Waals surface area (Å²) >= 11 is 0. The third kappa shape index (κ3) is 18.8. The number of aliphatic carboxylic acids is 1. The number of amides is 6. The van der Waals surface area contributed by atoms with E-state index in [2.05, 4.69) is 50.8 Å². The molecule has 252 valence electrons. The molecule has 18 nitrogen and oxygen atoms in total. The van der Waals surface area contributed by atoms with Gasteiger partial charge in [0.25, 0.3) is 0 Å². The van der Waals surface area contributed by atoms with E-state index in [1.54, 1.807) is 0 Å². The standard InChI is InChI=1S/C26H46N6O12/c1-41-23(37)27-14-8-5-11-17(20(33)31-19(22(35)36)13-7-10-16-29-25(39)43-3)30-21(34)18(32-26(40)44-4)12-6-9-15-28-24(38)42-2/h17-19H,5-16H2,1-4H3,(H,27,37)(H,28,38)(H,29,39)(H,30,34)(H,31,33)(H,32,40)(H,35,36). The van der Waals surface area contributed by atoms with Crippen molar-refractivity contribution in [3.05, 3.63) is 0 Å². The van der Waals surface area contributed by atoms with Crippen LogP contribution in [-0.4, -0.2) is 113 Å². The van der Waals surface area contributed by atoms with Crippen molar-refractivity contribution in [2.24, 2.45) is 0 Å². The van der Waals surface area contributed by atoms with Crippen molar-refractivity contribution in [1.29, 1.82) is 0 Å². The lowest BCUT2D eigenvalue weighted by Gasteiger charge is -2.24. The van der Waals surface area contributed by atoms with Gasteiger partial charge in [0.1, 0.15) is 18.1 Å². The number of rotatable bonds is 21. The van der Waals surface area contributed by atoms with Gasteiger partial charge in [0, 0.05) is 19.6 Å². The van der Waals surface area contributed by atoms with Crippen molar-refractivity contribution in [3.63, 3.8) is 0 Å². The second kappa shape index (κ2) is 24.0. The van der Waals surface area contributed by atoms with Gasteiger partial charge in [-0.1, -0.05) is 0 Å². The second-order valence-electron chi connectivity index (χ2n) is 9.39. The summed E-state index contributed by atoms with van der Waals surface area (Å²) in [7, 11) is 4.78. The molecule has 0 spiro atoms. The number of carboxylic acids is 1. The number of alkyl carbamates (subject to hydrolysis) is 4.